The molecule has 0 aliphatic heterocycles. The van der Waals surface area contributed by atoms with Crippen LogP contribution in [0.2, 0.25) is 0 Å². The summed E-state index contributed by atoms with van der Waals surface area (Å²) in [6.45, 7) is 0. The highest BCUT2D eigenvalue weighted by Crippen LogP contribution is 2.21. The number of aromatic nitrogens is 3. The van der Waals surface area contributed by atoms with Crippen molar-refractivity contribution in [3.05, 3.63) is 78.4 Å². The summed E-state index contributed by atoms with van der Waals surface area (Å²) in [5.41, 5.74) is 2.47. The first-order valence-electron chi connectivity index (χ1n) is 8.82. The highest BCUT2D eigenvalue weighted by atomic mass is 32.2. The predicted molar refractivity (Wildman–Crippen MR) is 111 cm³/mol. The van der Waals surface area contributed by atoms with Gasteiger partial charge in [0, 0.05) is 24.2 Å². The Balaban J connectivity index is 1.68. The fourth-order valence-corrected chi connectivity index (χ4v) is 3.78. The lowest BCUT2D eigenvalue weighted by Crippen LogP contribution is -2.18. The molecule has 0 fully saturated rings. The predicted octanol–water partition coefficient (Wildman–Crippen LogP) is 2.92. The van der Waals surface area contributed by atoms with Gasteiger partial charge in [0.05, 0.1) is 16.3 Å². The molecule has 9 heteroatoms. The molecule has 30 heavy (non-hydrogen) atoms. The highest BCUT2D eigenvalue weighted by molar-refractivity contribution is 7.90. The van der Waals surface area contributed by atoms with Gasteiger partial charge in [-0.1, -0.05) is 30.3 Å². The molecule has 0 bridgehead atoms. The number of hydrogen-bond donors (Lipinski definition) is 1. The Morgan fingerprint density at radius 2 is 1.80 bits per heavy atom. The van der Waals surface area contributed by atoms with Gasteiger partial charge in [-0.15, -0.1) is 0 Å². The lowest BCUT2D eigenvalue weighted by Gasteiger charge is -2.09. The third-order valence-electron chi connectivity index (χ3n) is 4.37. The number of imidazole rings is 1. The van der Waals surface area contributed by atoms with Gasteiger partial charge in [0.25, 0.3) is 5.91 Å². The zero-order chi connectivity index (χ0) is 21.3. The molecule has 0 saturated carbocycles. The maximum absolute atomic E-state index is 12.7. The van der Waals surface area contributed by atoms with E-state index in [4.69, 9.17) is 5.26 Å². The Labute approximate surface area is 172 Å². The minimum Gasteiger partial charge on any atom is -0.319 e. The average Bonchev–Trinajstić information content (AvgIpc) is 3.16. The van der Waals surface area contributed by atoms with Crippen LogP contribution in [0.3, 0.4) is 0 Å². The Morgan fingerprint density at radius 1 is 1.03 bits per heavy atom. The Kier molecular flexibility index (Phi) is 4.77. The van der Waals surface area contributed by atoms with E-state index in [1.165, 1.54) is 12.1 Å². The van der Waals surface area contributed by atoms with Crippen molar-refractivity contribution in [3.63, 3.8) is 0 Å². The summed E-state index contributed by atoms with van der Waals surface area (Å²) in [5, 5.41) is 11.7. The number of benzene rings is 1. The van der Waals surface area contributed by atoms with E-state index < -0.39 is 15.7 Å². The molecule has 8 nitrogen and oxygen atoms in total. The van der Waals surface area contributed by atoms with Crippen LogP contribution in [0.5, 0.6) is 0 Å². The number of hydrogen-bond acceptors (Lipinski definition) is 6. The largest absolute Gasteiger partial charge is 0.319 e. The quantitative estimate of drug-likeness (QED) is 0.546. The second kappa shape index (κ2) is 7.42. The standard InChI is InChI=1S/C21H15N5O3S/c1-30(28,29)18-9-7-15(11-22)23-20(18)21(27)24-16-8-10-19-25-17(13-26(19)12-16)14-5-3-2-4-6-14/h2-10,12-13H,1H3,(H,24,27). The molecular weight excluding hydrogens is 402 g/mol. The van der Waals surface area contributed by atoms with Crippen molar-refractivity contribution in [2.75, 3.05) is 11.6 Å². The topological polar surface area (TPSA) is 117 Å². The third-order valence-corrected chi connectivity index (χ3v) is 5.49. The van der Waals surface area contributed by atoms with Crippen LogP contribution in [0.4, 0.5) is 5.69 Å². The SMILES string of the molecule is CS(=O)(=O)c1ccc(C#N)nc1C(=O)Nc1ccc2nc(-c3ccccc3)cn2c1. The number of nitriles is 1. The van der Waals surface area contributed by atoms with E-state index in [0.29, 0.717) is 11.3 Å². The van der Waals surface area contributed by atoms with E-state index in [-0.39, 0.29) is 16.3 Å². The minimum atomic E-state index is -3.71. The van der Waals surface area contributed by atoms with Crippen molar-refractivity contribution in [1.82, 2.24) is 14.4 Å². The van der Waals surface area contributed by atoms with E-state index in [0.717, 1.165) is 17.5 Å². The number of fused-ring (bicyclic) bond motifs is 1. The smallest absolute Gasteiger partial charge is 0.275 e. The molecule has 0 aliphatic carbocycles. The molecule has 1 aromatic carbocycles. The molecule has 0 atom stereocenters. The average molecular weight is 417 g/mol. The molecule has 0 unspecified atom stereocenters. The second-order valence-electron chi connectivity index (χ2n) is 6.56. The number of nitrogens with one attached hydrogen (secondary N) is 1. The first kappa shape index (κ1) is 19.3. The molecular formula is C21H15N5O3S. The summed E-state index contributed by atoms with van der Waals surface area (Å²) in [4.78, 5) is 20.9. The lowest BCUT2D eigenvalue weighted by molar-refractivity contribution is 0.101. The van der Waals surface area contributed by atoms with Gasteiger partial charge in [-0.3, -0.25) is 4.79 Å². The van der Waals surface area contributed by atoms with Crippen molar-refractivity contribution in [3.8, 4) is 17.3 Å². The molecule has 4 rings (SSSR count). The van der Waals surface area contributed by atoms with Crippen molar-refractivity contribution in [2.24, 2.45) is 0 Å². The summed E-state index contributed by atoms with van der Waals surface area (Å²) < 4.78 is 25.8. The van der Waals surface area contributed by atoms with Crippen LogP contribution in [0, 0.1) is 11.3 Å². The molecule has 0 spiro atoms. The van der Waals surface area contributed by atoms with Crippen molar-refractivity contribution >= 4 is 27.1 Å². The van der Waals surface area contributed by atoms with Gasteiger partial charge in [0.2, 0.25) is 0 Å². The van der Waals surface area contributed by atoms with Crippen LogP contribution in [-0.4, -0.2) is 34.9 Å². The number of rotatable bonds is 4. The van der Waals surface area contributed by atoms with Crippen LogP contribution < -0.4 is 5.32 Å². The Morgan fingerprint density at radius 3 is 2.50 bits per heavy atom. The first-order chi connectivity index (χ1) is 14.3. The van der Waals surface area contributed by atoms with E-state index in [1.807, 2.05) is 42.6 Å². The fraction of sp³-hybridized carbons (Fsp3) is 0.0476. The number of carbonyl (C=O) groups is 1. The number of carbonyl (C=O) groups excluding carboxylic acids is 1. The molecule has 4 aromatic rings. The van der Waals surface area contributed by atoms with Gasteiger partial charge in [-0.05, 0) is 24.3 Å². The van der Waals surface area contributed by atoms with Crippen LogP contribution in [0.25, 0.3) is 16.9 Å². The first-order valence-corrected chi connectivity index (χ1v) is 10.7. The van der Waals surface area contributed by atoms with Gasteiger partial charge in [-0.2, -0.15) is 5.26 Å². The van der Waals surface area contributed by atoms with Gasteiger partial charge >= 0.3 is 0 Å². The third kappa shape index (κ3) is 3.76. The van der Waals surface area contributed by atoms with Gasteiger partial charge in [0.1, 0.15) is 23.1 Å². The summed E-state index contributed by atoms with van der Waals surface area (Å²) in [6.07, 6.45) is 4.48. The van der Waals surface area contributed by atoms with Crippen LogP contribution in [-0.2, 0) is 9.84 Å². The summed E-state index contributed by atoms with van der Waals surface area (Å²) >= 11 is 0. The number of pyridine rings is 2. The minimum absolute atomic E-state index is 0.0508. The monoisotopic (exact) mass is 417 g/mol. The summed E-state index contributed by atoms with van der Waals surface area (Å²) in [7, 11) is -3.71. The number of anilines is 1. The van der Waals surface area contributed by atoms with E-state index >= 15 is 0 Å². The second-order valence-corrected chi connectivity index (χ2v) is 8.54. The molecule has 3 heterocycles. The van der Waals surface area contributed by atoms with Crippen LogP contribution in [0.1, 0.15) is 16.2 Å². The number of nitrogens with zero attached hydrogens (tertiary/aromatic N) is 4. The van der Waals surface area contributed by atoms with Gasteiger partial charge < -0.3 is 9.72 Å². The zero-order valence-corrected chi connectivity index (χ0v) is 16.6. The van der Waals surface area contributed by atoms with E-state index in [1.54, 1.807) is 22.7 Å². The van der Waals surface area contributed by atoms with Gasteiger partial charge in [-0.25, -0.2) is 18.4 Å². The van der Waals surface area contributed by atoms with Crippen LogP contribution >= 0.6 is 0 Å². The van der Waals surface area contributed by atoms with Crippen molar-refractivity contribution < 1.29 is 13.2 Å². The molecule has 0 saturated heterocycles. The van der Waals surface area contributed by atoms with E-state index in [2.05, 4.69) is 15.3 Å². The van der Waals surface area contributed by atoms with Crippen molar-refractivity contribution in [1.29, 1.82) is 5.26 Å². The molecule has 1 N–H and O–H groups in total. The molecule has 1 amide bonds. The molecule has 0 radical (unpaired) electrons. The molecule has 3 aromatic heterocycles. The number of sulfone groups is 1. The molecule has 148 valence electrons. The van der Waals surface area contributed by atoms with E-state index in [9.17, 15) is 13.2 Å². The maximum atomic E-state index is 12.7. The highest BCUT2D eigenvalue weighted by Gasteiger charge is 2.21. The van der Waals surface area contributed by atoms with Crippen molar-refractivity contribution in [2.45, 2.75) is 4.90 Å². The Bertz CT molecular complexity index is 1420. The van der Waals surface area contributed by atoms with Crippen LogP contribution in [0.15, 0.2) is 71.9 Å². The number of amides is 1. The Hall–Kier alpha value is -4.03. The summed E-state index contributed by atoms with van der Waals surface area (Å²) in [5.74, 6) is -0.727. The normalized spacial score (nSPS) is 11.2. The maximum Gasteiger partial charge on any atom is 0.275 e. The summed E-state index contributed by atoms with van der Waals surface area (Å²) in [6, 6.07) is 17.3. The molecule has 0 aliphatic rings. The zero-order valence-electron chi connectivity index (χ0n) is 15.8. The lowest BCUT2D eigenvalue weighted by atomic mass is 10.2. The fourth-order valence-electron chi connectivity index (χ4n) is 2.97. The van der Waals surface area contributed by atoms with Gasteiger partial charge in [0.15, 0.2) is 9.84 Å².